The van der Waals surface area contributed by atoms with E-state index in [2.05, 4.69) is 0 Å². The second-order valence-corrected chi connectivity index (χ2v) is 4.25. The summed E-state index contributed by atoms with van der Waals surface area (Å²) in [6.45, 7) is 3.69. The lowest BCUT2D eigenvalue weighted by atomic mass is 10.1. The molecule has 1 amide bonds. The molecule has 0 saturated carbocycles. The number of hydrogen-bond donors (Lipinski definition) is 1. The van der Waals surface area contributed by atoms with Crippen LogP contribution < -0.4 is 10.5 Å². The number of likely N-dealkylation sites (tertiary alicyclic amines) is 1. The Kier molecular flexibility index (Phi) is 3.72. The van der Waals surface area contributed by atoms with Crippen LogP contribution in [0.1, 0.15) is 17.3 Å². The Hall–Kier alpha value is -1.75. The number of amides is 1. The van der Waals surface area contributed by atoms with Crippen LogP contribution in [0.15, 0.2) is 18.2 Å². The lowest BCUT2D eigenvalue weighted by Gasteiger charge is -2.38. The summed E-state index contributed by atoms with van der Waals surface area (Å²) >= 11 is 0. The van der Waals surface area contributed by atoms with Gasteiger partial charge in [0, 0.05) is 25.8 Å². The van der Waals surface area contributed by atoms with Crippen molar-refractivity contribution in [1.29, 1.82) is 0 Å². The molecule has 0 radical (unpaired) electrons. The number of nitrogen functional groups attached to an aromatic ring is 1. The van der Waals surface area contributed by atoms with Crippen LogP contribution in [0.25, 0.3) is 0 Å². The maximum Gasteiger partial charge on any atom is 0.254 e. The van der Waals surface area contributed by atoms with E-state index in [1.54, 1.807) is 30.2 Å². The number of hydrogen-bond acceptors (Lipinski definition) is 4. The molecule has 1 aliphatic rings. The van der Waals surface area contributed by atoms with Gasteiger partial charge in [-0.2, -0.15) is 0 Å². The van der Waals surface area contributed by atoms with E-state index in [-0.39, 0.29) is 12.0 Å². The number of anilines is 1. The second kappa shape index (κ2) is 5.27. The molecule has 1 fully saturated rings. The average Bonchev–Trinajstić information content (AvgIpc) is 2.30. The number of nitrogens with zero attached hydrogens (tertiary/aromatic N) is 1. The Morgan fingerprint density at radius 1 is 1.50 bits per heavy atom. The fourth-order valence-electron chi connectivity index (χ4n) is 1.88. The summed E-state index contributed by atoms with van der Waals surface area (Å²) in [7, 11) is 1.66. The molecule has 1 saturated heterocycles. The molecule has 1 aromatic rings. The van der Waals surface area contributed by atoms with E-state index < -0.39 is 0 Å². The van der Waals surface area contributed by atoms with Crippen LogP contribution in [0.2, 0.25) is 0 Å². The van der Waals surface area contributed by atoms with Gasteiger partial charge in [0.2, 0.25) is 0 Å². The van der Waals surface area contributed by atoms with Crippen LogP contribution in [0.3, 0.4) is 0 Å². The van der Waals surface area contributed by atoms with Gasteiger partial charge in [0.25, 0.3) is 5.91 Å². The van der Waals surface area contributed by atoms with Crippen LogP contribution in [-0.2, 0) is 4.74 Å². The summed E-state index contributed by atoms with van der Waals surface area (Å²) in [4.78, 5) is 13.9. The predicted octanol–water partition coefficient (Wildman–Crippen LogP) is 1.14. The van der Waals surface area contributed by atoms with Crippen LogP contribution in [0.5, 0.6) is 5.75 Å². The van der Waals surface area contributed by atoms with Crippen molar-refractivity contribution in [2.24, 2.45) is 0 Å². The summed E-state index contributed by atoms with van der Waals surface area (Å²) in [5.74, 6) is 0.552. The minimum absolute atomic E-state index is 0.00995. The van der Waals surface area contributed by atoms with Crippen LogP contribution in [0.4, 0.5) is 5.69 Å². The van der Waals surface area contributed by atoms with E-state index >= 15 is 0 Å². The molecule has 2 rings (SSSR count). The highest BCUT2D eigenvalue weighted by Crippen LogP contribution is 2.24. The number of ether oxygens (including phenoxy) is 2. The van der Waals surface area contributed by atoms with Gasteiger partial charge in [-0.25, -0.2) is 0 Å². The summed E-state index contributed by atoms with van der Waals surface area (Å²) < 4.78 is 10.5. The first-order valence-electron chi connectivity index (χ1n) is 6.00. The zero-order chi connectivity index (χ0) is 13.1. The number of rotatable bonds is 4. The van der Waals surface area contributed by atoms with E-state index in [1.165, 1.54) is 0 Å². The normalized spacial score (nSPS) is 15.3. The summed E-state index contributed by atoms with van der Waals surface area (Å²) in [6.07, 6.45) is 0.161. The van der Waals surface area contributed by atoms with Gasteiger partial charge >= 0.3 is 0 Å². The number of benzene rings is 1. The second-order valence-electron chi connectivity index (χ2n) is 4.25. The molecule has 0 unspecified atom stereocenters. The molecule has 98 valence electrons. The highest BCUT2D eigenvalue weighted by Gasteiger charge is 2.31. The molecule has 0 aliphatic carbocycles. The van der Waals surface area contributed by atoms with Crippen molar-refractivity contribution >= 4 is 11.6 Å². The molecule has 0 bridgehead atoms. The van der Waals surface area contributed by atoms with Crippen molar-refractivity contribution in [3.8, 4) is 5.75 Å². The molecule has 1 aromatic carbocycles. The third kappa shape index (κ3) is 2.41. The zero-order valence-corrected chi connectivity index (χ0v) is 10.7. The number of carbonyl (C=O) groups is 1. The van der Waals surface area contributed by atoms with Crippen molar-refractivity contribution in [3.05, 3.63) is 23.8 Å². The smallest absolute Gasteiger partial charge is 0.254 e. The number of methoxy groups -OCH3 is 1. The number of nitrogens with two attached hydrogens (primary N) is 1. The third-order valence-electron chi connectivity index (χ3n) is 3.03. The SMILES string of the molecule is CCOc1cc(C(=O)N2CC(OC)C2)ccc1N. The predicted molar refractivity (Wildman–Crippen MR) is 68.7 cm³/mol. The van der Waals surface area contributed by atoms with Crippen LogP contribution >= 0.6 is 0 Å². The average molecular weight is 250 g/mol. The number of carbonyl (C=O) groups excluding carboxylic acids is 1. The van der Waals surface area contributed by atoms with Gasteiger partial charge in [-0.3, -0.25) is 4.79 Å². The maximum atomic E-state index is 12.1. The Labute approximate surface area is 106 Å². The van der Waals surface area contributed by atoms with Gasteiger partial charge in [0.15, 0.2) is 0 Å². The van der Waals surface area contributed by atoms with Crippen molar-refractivity contribution < 1.29 is 14.3 Å². The molecule has 5 nitrogen and oxygen atoms in total. The van der Waals surface area contributed by atoms with Crippen LogP contribution in [0, 0.1) is 0 Å². The van der Waals surface area contributed by atoms with Gasteiger partial charge in [-0.05, 0) is 25.1 Å². The molecule has 0 atom stereocenters. The fraction of sp³-hybridized carbons (Fsp3) is 0.462. The third-order valence-corrected chi connectivity index (χ3v) is 3.03. The van der Waals surface area contributed by atoms with Crippen molar-refractivity contribution in [1.82, 2.24) is 4.90 Å². The topological polar surface area (TPSA) is 64.8 Å². The minimum atomic E-state index is -0.00995. The highest BCUT2D eigenvalue weighted by atomic mass is 16.5. The molecule has 5 heteroatoms. The molecular formula is C13H18N2O3. The molecule has 0 aromatic heterocycles. The van der Waals surface area contributed by atoms with Crippen LogP contribution in [-0.4, -0.2) is 43.7 Å². The van der Waals surface area contributed by atoms with Gasteiger partial charge in [-0.15, -0.1) is 0 Å². The zero-order valence-electron chi connectivity index (χ0n) is 10.7. The van der Waals surface area contributed by atoms with Gasteiger partial charge in [-0.1, -0.05) is 0 Å². The van der Waals surface area contributed by atoms with Gasteiger partial charge in [0.05, 0.1) is 18.4 Å². The molecule has 1 heterocycles. The molecule has 18 heavy (non-hydrogen) atoms. The first kappa shape index (κ1) is 12.7. The Balaban J connectivity index is 2.09. The highest BCUT2D eigenvalue weighted by molar-refractivity contribution is 5.95. The lowest BCUT2D eigenvalue weighted by Crippen LogP contribution is -2.54. The van der Waals surface area contributed by atoms with E-state index in [4.69, 9.17) is 15.2 Å². The van der Waals surface area contributed by atoms with Gasteiger partial charge < -0.3 is 20.1 Å². The summed E-state index contributed by atoms with van der Waals surface area (Å²) in [6, 6.07) is 5.12. The first-order chi connectivity index (χ1) is 8.65. The van der Waals surface area contributed by atoms with Gasteiger partial charge in [0.1, 0.15) is 5.75 Å². The maximum absolute atomic E-state index is 12.1. The standard InChI is InChI=1S/C13H18N2O3/c1-3-18-12-6-9(4-5-11(12)14)13(16)15-7-10(8-15)17-2/h4-6,10H,3,7-8,14H2,1-2H3. The summed E-state index contributed by atoms with van der Waals surface area (Å²) in [5, 5.41) is 0. The summed E-state index contributed by atoms with van der Waals surface area (Å²) in [5.41, 5.74) is 6.92. The van der Waals surface area contributed by atoms with E-state index in [0.29, 0.717) is 36.7 Å². The quantitative estimate of drug-likeness (QED) is 0.814. The van der Waals surface area contributed by atoms with Crippen molar-refractivity contribution in [3.63, 3.8) is 0 Å². The Morgan fingerprint density at radius 3 is 2.83 bits per heavy atom. The monoisotopic (exact) mass is 250 g/mol. The molecule has 1 aliphatic heterocycles. The van der Waals surface area contributed by atoms with Crippen molar-refractivity contribution in [2.75, 3.05) is 32.5 Å². The van der Waals surface area contributed by atoms with Crippen molar-refractivity contribution in [2.45, 2.75) is 13.0 Å². The Morgan fingerprint density at radius 2 is 2.22 bits per heavy atom. The van der Waals surface area contributed by atoms with E-state index in [9.17, 15) is 4.79 Å². The molecular weight excluding hydrogens is 232 g/mol. The van der Waals surface area contributed by atoms with E-state index in [1.807, 2.05) is 6.92 Å². The lowest BCUT2D eigenvalue weighted by molar-refractivity contribution is -0.0192. The largest absolute Gasteiger partial charge is 0.492 e. The fourth-order valence-corrected chi connectivity index (χ4v) is 1.88. The van der Waals surface area contributed by atoms with E-state index in [0.717, 1.165) is 0 Å². The minimum Gasteiger partial charge on any atom is -0.492 e. The molecule has 0 spiro atoms. The molecule has 2 N–H and O–H groups in total. The Bertz CT molecular complexity index is 442. The first-order valence-corrected chi connectivity index (χ1v) is 6.00.